The molecule has 0 aliphatic carbocycles. The third-order valence-electron chi connectivity index (χ3n) is 2.90. The van der Waals surface area contributed by atoms with Crippen LogP contribution in [-0.2, 0) is 4.74 Å². The summed E-state index contributed by atoms with van der Waals surface area (Å²) >= 11 is 0. The van der Waals surface area contributed by atoms with E-state index in [1.54, 1.807) is 0 Å². The normalized spacial score (nSPS) is 30.2. The van der Waals surface area contributed by atoms with E-state index >= 15 is 0 Å². The van der Waals surface area contributed by atoms with Crippen LogP contribution in [0.4, 0.5) is 0 Å². The van der Waals surface area contributed by atoms with Crippen LogP contribution >= 0.6 is 0 Å². The molecule has 1 aliphatic heterocycles. The highest BCUT2D eigenvalue weighted by atomic mass is 16.5. The van der Waals surface area contributed by atoms with Crippen LogP contribution in [0.15, 0.2) is 0 Å². The molecule has 0 spiro atoms. The minimum Gasteiger partial charge on any atom is -0.373 e. The lowest BCUT2D eigenvalue weighted by Gasteiger charge is -2.29. The molecular weight excluding hydrogens is 164 g/mol. The molecule has 78 valence electrons. The Kier molecular flexibility index (Phi) is 3.71. The van der Waals surface area contributed by atoms with Gasteiger partial charge in [0.15, 0.2) is 0 Å². The maximum atomic E-state index is 5.77. The van der Waals surface area contributed by atoms with E-state index in [-0.39, 0.29) is 5.60 Å². The number of hydrogen-bond donors (Lipinski definition) is 1. The molecule has 2 N–H and O–H groups in total. The monoisotopic (exact) mass is 186 g/mol. The van der Waals surface area contributed by atoms with Gasteiger partial charge in [-0.3, -0.25) is 4.90 Å². The van der Waals surface area contributed by atoms with Gasteiger partial charge >= 0.3 is 0 Å². The topological polar surface area (TPSA) is 38.5 Å². The van der Waals surface area contributed by atoms with Gasteiger partial charge in [0.1, 0.15) is 0 Å². The zero-order valence-electron chi connectivity index (χ0n) is 9.05. The summed E-state index contributed by atoms with van der Waals surface area (Å²) < 4.78 is 5.75. The standard InChI is InChI=1S/C10H22N2O/c1-4-13-10(7-11)5-6-12(8-10)9(2)3/h9H,4-8,11H2,1-3H3. The summed E-state index contributed by atoms with van der Waals surface area (Å²) in [6.45, 7) is 10.0. The van der Waals surface area contributed by atoms with Crippen LogP contribution in [0.25, 0.3) is 0 Å². The van der Waals surface area contributed by atoms with Crippen molar-refractivity contribution in [2.24, 2.45) is 5.73 Å². The van der Waals surface area contributed by atoms with Gasteiger partial charge in [-0.15, -0.1) is 0 Å². The lowest BCUT2D eigenvalue weighted by molar-refractivity contribution is -0.0254. The molecule has 1 aliphatic rings. The van der Waals surface area contributed by atoms with Gasteiger partial charge in [-0.05, 0) is 27.2 Å². The number of ether oxygens (including phenoxy) is 1. The van der Waals surface area contributed by atoms with Crippen molar-refractivity contribution in [3.63, 3.8) is 0 Å². The van der Waals surface area contributed by atoms with Gasteiger partial charge < -0.3 is 10.5 Å². The molecule has 0 aromatic rings. The number of nitrogens with zero attached hydrogens (tertiary/aromatic N) is 1. The van der Waals surface area contributed by atoms with Crippen LogP contribution in [0.5, 0.6) is 0 Å². The van der Waals surface area contributed by atoms with Crippen molar-refractivity contribution >= 4 is 0 Å². The summed E-state index contributed by atoms with van der Waals surface area (Å²) in [5.74, 6) is 0. The highest BCUT2D eigenvalue weighted by Gasteiger charge is 2.38. The second-order valence-electron chi connectivity index (χ2n) is 4.13. The van der Waals surface area contributed by atoms with Gasteiger partial charge in [-0.25, -0.2) is 0 Å². The summed E-state index contributed by atoms with van der Waals surface area (Å²) in [5.41, 5.74) is 5.71. The number of nitrogens with two attached hydrogens (primary N) is 1. The second kappa shape index (κ2) is 4.40. The largest absolute Gasteiger partial charge is 0.373 e. The summed E-state index contributed by atoms with van der Waals surface area (Å²) in [6.07, 6.45) is 1.08. The molecule has 1 heterocycles. The zero-order chi connectivity index (χ0) is 9.90. The van der Waals surface area contributed by atoms with Crippen molar-refractivity contribution in [2.45, 2.75) is 38.8 Å². The maximum Gasteiger partial charge on any atom is 0.0942 e. The molecule has 1 saturated heterocycles. The first-order valence-electron chi connectivity index (χ1n) is 5.21. The van der Waals surface area contributed by atoms with Crippen LogP contribution in [0, 0.1) is 0 Å². The second-order valence-corrected chi connectivity index (χ2v) is 4.13. The van der Waals surface area contributed by atoms with E-state index in [4.69, 9.17) is 10.5 Å². The molecule has 0 aromatic carbocycles. The van der Waals surface area contributed by atoms with E-state index in [1.807, 2.05) is 6.92 Å². The first-order chi connectivity index (χ1) is 6.13. The lowest BCUT2D eigenvalue weighted by atomic mass is 10.0. The fourth-order valence-electron chi connectivity index (χ4n) is 1.97. The molecule has 3 heteroatoms. The van der Waals surface area contributed by atoms with Gasteiger partial charge in [0.05, 0.1) is 5.60 Å². The molecule has 1 atom stereocenters. The van der Waals surface area contributed by atoms with Crippen molar-refractivity contribution in [1.29, 1.82) is 0 Å². The first-order valence-corrected chi connectivity index (χ1v) is 5.21. The average molecular weight is 186 g/mol. The number of likely N-dealkylation sites (tertiary alicyclic amines) is 1. The van der Waals surface area contributed by atoms with E-state index < -0.39 is 0 Å². The van der Waals surface area contributed by atoms with E-state index in [2.05, 4.69) is 18.7 Å². The molecule has 0 radical (unpaired) electrons. The Balaban J connectivity index is 2.52. The van der Waals surface area contributed by atoms with E-state index in [0.717, 1.165) is 26.1 Å². The third kappa shape index (κ3) is 2.42. The molecule has 0 saturated carbocycles. The van der Waals surface area contributed by atoms with Crippen molar-refractivity contribution in [2.75, 3.05) is 26.2 Å². The summed E-state index contributed by atoms with van der Waals surface area (Å²) in [6, 6.07) is 0.605. The Bertz CT molecular complexity index is 161. The van der Waals surface area contributed by atoms with Crippen molar-refractivity contribution < 1.29 is 4.74 Å². The van der Waals surface area contributed by atoms with Gasteiger partial charge in [-0.2, -0.15) is 0 Å². The van der Waals surface area contributed by atoms with E-state index in [9.17, 15) is 0 Å². The predicted octanol–water partition coefficient (Wildman–Crippen LogP) is 0.834. The average Bonchev–Trinajstić information content (AvgIpc) is 2.51. The Morgan fingerprint density at radius 2 is 2.23 bits per heavy atom. The molecule has 3 nitrogen and oxygen atoms in total. The molecule has 13 heavy (non-hydrogen) atoms. The summed E-state index contributed by atoms with van der Waals surface area (Å²) in [7, 11) is 0. The van der Waals surface area contributed by atoms with Crippen LogP contribution in [0.3, 0.4) is 0 Å². The maximum absolute atomic E-state index is 5.77. The van der Waals surface area contributed by atoms with E-state index in [0.29, 0.717) is 12.6 Å². The van der Waals surface area contributed by atoms with Crippen LogP contribution in [0.2, 0.25) is 0 Å². The summed E-state index contributed by atoms with van der Waals surface area (Å²) in [4.78, 5) is 2.43. The molecule has 0 aromatic heterocycles. The molecule has 0 amide bonds. The Hall–Kier alpha value is -0.120. The van der Waals surface area contributed by atoms with Gasteiger partial charge in [-0.1, -0.05) is 0 Å². The minimum atomic E-state index is -0.0565. The zero-order valence-corrected chi connectivity index (χ0v) is 9.05. The highest BCUT2D eigenvalue weighted by Crippen LogP contribution is 2.25. The highest BCUT2D eigenvalue weighted by molar-refractivity contribution is 4.93. The number of hydrogen-bond acceptors (Lipinski definition) is 3. The Morgan fingerprint density at radius 1 is 1.54 bits per heavy atom. The molecule has 1 fully saturated rings. The molecule has 1 unspecified atom stereocenters. The predicted molar refractivity (Wildman–Crippen MR) is 54.7 cm³/mol. The van der Waals surface area contributed by atoms with Crippen LogP contribution in [-0.4, -0.2) is 42.8 Å². The molecule has 0 bridgehead atoms. The Labute approximate surface area is 81.2 Å². The fraction of sp³-hybridized carbons (Fsp3) is 1.00. The summed E-state index contributed by atoms with van der Waals surface area (Å²) in [5, 5.41) is 0. The molecular formula is C10H22N2O. The van der Waals surface area contributed by atoms with E-state index in [1.165, 1.54) is 0 Å². The van der Waals surface area contributed by atoms with Gasteiger partial charge in [0, 0.05) is 32.3 Å². The third-order valence-corrected chi connectivity index (χ3v) is 2.90. The van der Waals surface area contributed by atoms with Crippen molar-refractivity contribution in [3.05, 3.63) is 0 Å². The number of rotatable bonds is 4. The SMILES string of the molecule is CCOC1(CN)CCN(C(C)C)C1. The lowest BCUT2D eigenvalue weighted by Crippen LogP contribution is -2.44. The van der Waals surface area contributed by atoms with Crippen molar-refractivity contribution in [1.82, 2.24) is 4.90 Å². The van der Waals surface area contributed by atoms with Crippen LogP contribution in [0.1, 0.15) is 27.2 Å². The Morgan fingerprint density at radius 3 is 2.62 bits per heavy atom. The fourth-order valence-corrected chi connectivity index (χ4v) is 1.97. The smallest absolute Gasteiger partial charge is 0.0942 e. The van der Waals surface area contributed by atoms with Gasteiger partial charge in [0.25, 0.3) is 0 Å². The van der Waals surface area contributed by atoms with Crippen molar-refractivity contribution in [3.8, 4) is 0 Å². The molecule has 1 rings (SSSR count). The minimum absolute atomic E-state index is 0.0565. The quantitative estimate of drug-likeness (QED) is 0.707. The first kappa shape index (κ1) is 11.0. The van der Waals surface area contributed by atoms with Gasteiger partial charge in [0.2, 0.25) is 0 Å². The van der Waals surface area contributed by atoms with Crippen LogP contribution < -0.4 is 5.73 Å².